The molecule has 0 unspecified atom stereocenters. The maximum Gasteiger partial charge on any atom is 0.322 e. The van der Waals surface area contributed by atoms with Crippen LogP contribution in [0.25, 0.3) is 0 Å². The molecule has 1 amide bonds. The van der Waals surface area contributed by atoms with Crippen LogP contribution >= 0.6 is 0 Å². The summed E-state index contributed by atoms with van der Waals surface area (Å²) in [5.74, 6) is -0.913. The molecule has 0 aromatic rings. The second kappa shape index (κ2) is 3.01. The minimum Gasteiger partial charge on any atom is -0.460 e. The first kappa shape index (κ1) is 8.53. The average Bonchev–Trinajstić information content (AvgIpc) is 2.55. The molecule has 2 heterocycles. The molecule has 72 valence electrons. The molecule has 0 bridgehead atoms. The van der Waals surface area contributed by atoms with E-state index in [9.17, 15) is 9.59 Å². The minimum absolute atomic E-state index is 0.0405. The van der Waals surface area contributed by atoms with Crippen LogP contribution in [0.4, 0.5) is 0 Å². The molecule has 13 heavy (non-hydrogen) atoms. The number of cyclic esters (lactones) is 1. The van der Waals surface area contributed by atoms with E-state index in [1.54, 1.807) is 11.8 Å². The summed E-state index contributed by atoms with van der Waals surface area (Å²) in [6, 6.07) is 0. The van der Waals surface area contributed by atoms with Crippen LogP contribution in [-0.2, 0) is 14.3 Å². The Labute approximate surface area is 76.8 Å². The zero-order valence-corrected chi connectivity index (χ0v) is 7.66. The van der Waals surface area contributed by atoms with Gasteiger partial charge in [0.05, 0.1) is 0 Å². The van der Waals surface area contributed by atoms with E-state index in [4.69, 9.17) is 4.74 Å². The van der Waals surface area contributed by atoms with E-state index in [1.165, 1.54) is 0 Å². The van der Waals surface area contributed by atoms with E-state index in [-0.39, 0.29) is 18.0 Å². The number of amides is 1. The highest BCUT2D eigenvalue weighted by atomic mass is 16.6. The Kier molecular flexibility index (Phi) is 1.98. The van der Waals surface area contributed by atoms with Gasteiger partial charge in [0.25, 0.3) is 0 Å². The summed E-state index contributed by atoms with van der Waals surface area (Å²) < 4.78 is 4.75. The van der Waals surface area contributed by atoms with Gasteiger partial charge in [0.15, 0.2) is 5.92 Å². The fourth-order valence-electron chi connectivity index (χ4n) is 1.88. The van der Waals surface area contributed by atoms with Gasteiger partial charge in [-0.2, -0.15) is 0 Å². The van der Waals surface area contributed by atoms with E-state index < -0.39 is 5.92 Å². The number of hydrogen-bond acceptors (Lipinski definition) is 3. The van der Waals surface area contributed by atoms with Gasteiger partial charge in [-0.15, -0.1) is 0 Å². The van der Waals surface area contributed by atoms with Crippen molar-refractivity contribution in [3.05, 3.63) is 0 Å². The fourth-order valence-corrected chi connectivity index (χ4v) is 1.88. The van der Waals surface area contributed by atoms with Gasteiger partial charge in [-0.05, 0) is 19.8 Å². The van der Waals surface area contributed by atoms with Gasteiger partial charge in [-0.3, -0.25) is 9.59 Å². The lowest BCUT2D eigenvalue weighted by Gasteiger charge is -2.33. The molecule has 0 saturated carbocycles. The standard InChI is InChI=1S/C9H13NO3/c1-6-7(9(12)13-6)8(11)10-4-2-3-5-10/h6-7H,2-5H2,1H3/t6-,7+/m1/s1. The van der Waals surface area contributed by atoms with Crippen molar-refractivity contribution in [2.75, 3.05) is 13.1 Å². The molecule has 4 heteroatoms. The van der Waals surface area contributed by atoms with E-state index >= 15 is 0 Å². The van der Waals surface area contributed by atoms with Gasteiger partial charge in [0.1, 0.15) is 6.10 Å². The first-order chi connectivity index (χ1) is 6.20. The van der Waals surface area contributed by atoms with Crippen LogP contribution in [0.5, 0.6) is 0 Å². The number of hydrogen-bond donors (Lipinski definition) is 0. The lowest BCUT2D eigenvalue weighted by Crippen LogP contribution is -2.52. The van der Waals surface area contributed by atoms with Crippen LogP contribution < -0.4 is 0 Å². The Balaban J connectivity index is 1.99. The number of carbonyl (C=O) groups is 2. The molecule has 0 aliphatic carbocycles. The van der Waals surface area contributed by atoms with Crippen molar-refractivity contribution in [3.63, 3.8) is 0 Å². The molecule has 0 N–H and O–H groups in total. The minimum atomic E-state index is -0.516. The van der Waals surface area contributed by atoms with E-state index in [2.05, 4.69) is 0 Å². The number of carbonyl (C=O) groups excluding carboxylic acids is 2. The molecule has 0 spiro atoms. The predicted octanol–water partition coefficient (Wildman–Crippen LogP) is 0.170. The SMILES string of the molecule is C[C@H]1OC(=O)[C@@H]1C(=O)N1CCCC1. The van der Waals surface area contributed by atoms with Crippen LogP contribution in [0.3, 0.4) is 0 Å². The van der Waals surface area contributed by atoms with Crippen LogP contribution in [0.1, 0.15) is 19.8 Å². The molecule has 2 aliphatic heterocycles. The van der Waals surface area contributed by atoms with Crippen molar-refractivity contribution in [1.82, 2.24) is 4.90 Å². The van der Waals surface area contributed by atoms with Crippen molar-refractivity contribution in [2.24, 2.45) is 5.92 Å². The van der Waals surface area contributed by atoms with Gasteiger partial charge < -0.3 is 9.64 Å². The number of esters is 1. The maximum absolute atomic E-state index is 11.7. The number of rotatable bonds is 1. The van der Waals surface area contributed by atoms with Gasteiger partial charge in [0.2, 0.25) is 5.91 Å². The van der Waals surface area contributed by atoms with Crippen molar-refractivity contribution >= 4 is 11.9 Å². The summed E-state index contributed by atoms with van der Waals surface area (Å²) >= 11 is 0. The molecule has 2 atom stereocenters. The topological polar surface area (TPSA) is 46.6 Å². The summed E-state index contributed by atoms with van der Waals surface area (Å²) in [5, 5.41) is 0. The number of ether oxygens (including phenoxy) is 1. The Morgan fingerprint density at radius 3 is 2.54 bits per heavy atom. The molecule has 0 radical (unpaired) electrons. The number of likely N-dealkylation sites (tertiary alicyclic amines) is 1. The first-order valence-electron chi connectivity index (χ1n) is 4.69. The zero-order valence-electron chi connectivity index (χ0n) is 7.66. The van der Waals surface area contributed by atoms with Crippen LogP contribution in [-0.4, -0.2) is 36.0 Å². The largest absolute Gasteiger partial charge is 0.460 e. The van der Waals surface area contributed by atoms with Gasteiger partial charge in [-0.25, -0.2) is 0 Å². The lowest BCUT2D eigenvalue weighted by atomic mass is 9.97. The van der Waals surface area contributed by atoms with Crippen LogP contribution in [0.2, 0.25) is 0 Å². The second-order valence-electron chi connectivity index (χ2n) is 3.65. The van der Waals surface area contributed by atoms with Crippen molar-refractivity contribution in [2.45, 2.75) is 25.9 Å². The lowest BCUT2D eigenvalue weighted by molar-refractivity contribution is -0.187. The van der Waals surface area contributed by atoms with Crippen molar-refractivity contribution < 1.29 is 14.3 Å². The molecule has 2 rings (SSSR count). The van der Waals surface area contributed by atoms with Crippen molar-refractivity contribution in [1.29, 1.82) is 0 Å². The molecule has 0 aromatic heterocycles. The summed E-state index contributed by atoms with van der Waals surface area (Å²) in [6.07, 6.45) is 1.89. The second-order valence-corrected chi connectivity index (χ2v) is 3.65. The molecular weight excluding hydrogens is 170 g/mol. The Morgan fingerprint density at radius 1 is 1.46 bits per heavy atom. The van der Waals surface area contributed by atoms with Crippen molar-refractivity contribution in [3.8, 4) is 0 Å². The van der Waals surface area contributed by atoms with E-state index in [1.807, 2.05) is 0 Å². The highest BCUT2D eigenvalue weighted by molar-refractivity contribution is 6.01. The summed E-state index contributed by atoms with van der Waals surface area (Å²) in [4.78, 5) is 24.4. The Hall–Kier alpha value is -1.06. The predicted molar refractivity (Wildman–Crippen MR) is 44.9 cm³/mol. The first-order valence-corrected chi connectivity index (χ1v) is 4.69. The summed E-state index contributed by atoms with van der Waals surface area (Å²) in [6.45, 7) is 3.37. The third kappa shape index (κ3) is 1.30. The average molecular weight is 183 g/mol. The van der Waals surface area contributed by atoms with Crippen LogP contribution in [0.15, 0.2) is 0 Å². The quantitative estimate of drug-likeness (QED) is 0.430. The Bertz CT molecular complexity index is 245. The number of nitrogens with zero attached hydrogens (tertiary/aromatic N) is 1. The highest BCUT2D eigenvalue weighted by Crippen LogP contribution is 2.25. The normalized spacial score (nSPS) is 32.7. The third-order valence-corrected chi connectivity index (χ3v) is 2.71. The fraction of sp³-hybridized carbons (Fsp3) is 0.778. The molecular formula is C9H13NO3. The smallest absolute Gasteiger partial charge is 0.322 e. The Morgan fingerprint density at radius 2 is 2.08 bits per heavy atom. The molecule has 0 aromatic carbocycles. The summed E-state index contributed by atoms with van der Waals surface area (Å²) in [5.41, 5.74) is 0. The van der Waals surface area contributed by atoms with Gasteiger partial charge in [0, 0.05) is 13.1 Å². The summed E-state index contributed by atoms with van der Waals surface area (Å²) in [7, 11) is 0. The molecule has 2 fully saturated rings. The monoisotopic (exact) mass is 183 g/mol. The van der Waals surface area contributed by atoms with Gasteiger partial charge in [-0.1, -0.05) is 0 Å². The molecule has 2 saturated heterocycles. The highest BCUT2D eigenvalue weighted by Gasteiger charge is 2.46. The van der Waals surface area contributed by atoms with Crippen LogP contribution in [0, 0.1) is 5.92 Å². The molecule has 4 nitrogen and oxygen atoms in total. The van der Waals surface area contributed by atoms with Gasteiger partial charge >= 0.3 is 5.97 Å². The zero-order chi connectivity index (χ0) is 9.42. The van der Waals surface area contributed by atoms with E-state index in [0.717, 1.165) is 25.9 Å². The maximum atomic E-state index is 11.7. The van der Waals surface area contributed by atoms with E-state index in [0.29, 0.717) is 0 Å². The molecule has 2 aliphatic rings. The third-order valence-electron chi connectivity index (χ3n) is 2.71.